The van der Waals surface area contributed by atoms with E-state index in [0.29, 0.717) is 23.7 Å². The van der Waals surface area contributed by atoms with E-state index in [1.54, 1.807) is 6.07 Å². The van der Waals surface area contributed by atoms with E-state index >= 15 is 0 Å². The molecule has 7 heteroatoms. The predicted molar refractivity (Wildman–Crippen MR) is 81.3 cm³/mol. The Morgan fingerprint density at radius 1 is 1.38 bits per heavy atom. The predicted octanol–water partition coefficient (Wildman–Crippen LogP) is 2.89. The molecule has 6 nitrogen and oxygen atoms in total. The zero-order chi connectivity index (χ0) is 15.6. The molecule has 0 bridgehead atoms. The van der Waals surface area contributed by atoms with Crippen molar-refractivity contribution in [2.75, 3.05) is 0 Å². The van der Waals surface area contributed by atoms with E-state index in [9.17, 15) is 10.1 Å². The first kappa shape index (κ1) is 15.5. The molecule has 0 spiro atoms. The average Bonchev–Trinajstić information content (AvgIpc) is 2.65. The van der Waals surface area contributed by atoms with Crippen LogP contribution in [0.5, 0.6) is 0 Å². The summed E-state index contributed by atoms with van der Waals surface area (Å²) in [6.07, 6.45) is 0. The number of hydrogen-bond acceptors (Lipinski definition) is 4. The molecule has 112 valence electrons. The van der Waals surface area contributed by atoms with Crippen LogP contribution in [-0.2, 0) is 20.1 Å². The molecule has 0 unspecified atom stereocenters. The molecule has 0 saturated heterocycles. The molecule has 0 atom stereocenters. The molecule has 0 saturated carbocycles. The number of aromatic nitrogens is 2. The Morgan fingerprint density at radius 3 is 2.67 bits per heavy atom. The molecule has 0 radical (unpaired) electrons. The highest BCUT2D eigenvalue weighted by Gasteiger charge is 2.14. The zero-order valence-electron chi connectivity index (χ0n) is 12.2. The third-order valence-electron chi connectivity index (χ3n) is 3.51. The van der Waals surface area contributed by atoms with Crippen LogP contribution >= 0.6 is 11.6 Å². The molecule has 0 fully saturated rings. The van der Waals surface area contributed by atoms with E-state index in [0.717, 1.165) is 17.0 Å². The third kappa shape index (κ3) is 3.40. The standard InChI is InChI=1S/C14H17ClN4O2/c1-9-13(10(2)18(3)17-9)8-16-7-11-6-12(15)4-5-14(11)19(20)21/h4-6,16H,7-8H2,1-3H3. The maximum absolute atomic E-state index is 11.0. The van der Waals surface area contributed by atoms with Crippen LogP contribution in [0, 0.1) is 24.0 Å². The van der Waals surface area contributed by atoms with Gasteiger partial charge in [-0.1, -0.05) is 11.6 Å². The SMILES string of the molecule is Cc1nn(C)c(C)c1CNCc1cc(Cl)ccc1[N+](=O)[O-]. The van der Waals surface area contributed by atoms with Gasteiger partial charge >= 0.3 is 0 Å². The molecule has 2 rings (SSSR count). The maximum Gasteiger partial charge on any atom is 0.273 e. The van der Waals surface area contributed by atoms with Gasteiger partial charge in [0.2, 0.25) is 0 Å². The number of nitro groups is 1. The van der Waals surface area contributed by atoms with E-state index in [1.807, 2.05) is 25.6 Å². The van der Waals surface area contributed by atoms with Crippen LogP contribution in [0.3, 0.4) is 0 Å². The second-order valence-electron chi connectivity index (χ2n) is 4.91. The van der Waals surface area contributed by atoms with Gasteiger partial charge in [-0.2, -0.15) is 5.10 Å². The zero-order valence-corrected chi connectivity index (χ0v) is 12.9. The highest BCUT2D eigenvalue weighted by atomic mass is 35.5. The number of aryl methyl sites for hydroxylation is 2. The Morgan fingerprint density at radius 2 is 2.10 bits per heavy atom. The van der Waals surface area contributed by atoms with Gasteiger partial charge in [0.05, 0.1) is 10.6 Å². The Bertz CT molecular complexity index is 682. The second kappa shape index (κ2) is 6.24. The lowest BCUT2D eigenvalue weighted by Gasteiger charge is -2.07. The molecule has 0 aliphatic rings. The van der Waals surface area contributed by atoms with Crippen molar-refractivity contribution in [3.8, 4) is 0 Å². The summed E-state index contributed by atoms with van der Waals surface area (Å²) >= 11 is 5.91. The van der Waals surface area contributed by atoms with E-state index in [2.05, 4.69) is 10.4 Å². The van der Waals surface area contributed by atoms with Crippen molar-refractivity contribution >= 4 is 17.3 Å². The minimum absolute atomic E-state index is 0.0755. The monoisotopic (exact) mass is 308 g/mol. The number of nitro benzene ring substituents is 1. The van der Waals surface area contributed by atoms with E-state index < -0.39 is 4.92 Å². The van der Waals surface area contributed by atoms with Gasteiger partial charge in [0.15, 0.2) is 0 Å². The first-order valence-corrected chi connectivity index (χ1v) is 6.90. The molecular formula is C14H17ClN4O2. The smallest absolute Gasteiger partial charge is 0.273 e. The lowest BCUT2D eigenvalue weighted by atomic mass is 10.1. The molecule has 0 aliphatic carbocycles. The van der Waals surface area contributed by atoms with Gasteiger partial charge in [-0.15, -0.1) is 0 Å². The van der Waals surface area contributed by atoms with Crippen LogP contribution < -0.4 is 5.32 Å². The molecule has 1 aromatic carbocycles. The first-order valence-electron chi connectivity index (χ1n) is 6.52. The maximum atomic E-state index is 11.0. The highest BCUT2D eigenvalue weighted by Crippen LogP contribution is 2.22. The van der Waals surface area contributed by atoms with Crippen LogP contribution in [0.15, 0.2) is 18.2 Å². The number of benzene rings is 1. The van der Waals surface area contributed by atoms with Crippen molar-refractivity contribution in [1.29, 1.82) is 0 Å². The van der Waals surface area contributed by atoms with Gasteiger partial charge in [0.1, 0.15) is 0 Å². The Balaban J connectivity index is 2.10. The number of hydrogen-bond donors (Lipinski definition) is 1. The summed E-state index contributed by atoms with van der Waals surface area (Å²) in [5, 5.41) is 19.1. The van der Waals surface area contributed by atoms with Gasteiger partial charge in [-0.25, -0.2) is 0 Å². The van der Waals surface area contributed by atoms with Gasteiger partial charge in [-0.05, 0) is 26.0 Å². The van der Waals surface area contributed by atoms with E-state index in [-0.39, 0.29) is 5.69 Å². The Kier molecular flexibility index (Phi) is 4.59. The van der Waals surface area contributed by atoms with Crippen molar-refractivity contribution in [3.05, 3.63) is 55.9 Å². The molecule has 1 N–H and O–H groups in total. The molecule has 0 amide bonds. The van der Waals surface area contributed by atoms with Gasteiger partial charge in [0, 0.05) is 48.0 Å². The van der Waals surface area contributed by atoms with Gasteiger partial charge < -0.3 is 5.32 Å². The van der Waals surface area contributed by atoms with Crippen molar-refractivity contribution in [2.24, 2.45) is 7.05 Å². The first-order chi connectivity index (χ1) is 9.90. The van der Waals surface area contributed by atoms with Crippen LogP contribution in [0.4, 0.5) is 5.69 Å². The third-order valence-corrected chi connectivity index (χ3v) is 3.75. The van der Waals surface area contributed by atoms with Crippen LogP contribution in [0.2, 0.25) is 5.02 Å². The molecular weight excluding hydrogens is 292 g/mol. The van der Waals surface area contributed by atoms with Gasteiger partial charge in [-0.3, -0.25) is 14.8 Å². The van der Waals surface area contributed by atoms with Crippen molar-refractivity contribution in [3.63, 3.8) is 0 Å². The number of rotatable bonds is 5. The summed E-state index contributed by atoms with van der Waals surface area (Å²) in [6.45, 7) is 4.94. The Hall–Kier alpha value is -1.92. The molecule has 0 aliphatic heterocycles. The average molecular weight is 309 g/mol. The molecule has 1 heterocycles. The topological polar surface area (TPSA) is 73.0 Å². The summed E-state index contributed by atoms with van der Waals surface area (Å²) < 4.78 is 1.83. The quantitative estimate of drug-likeness (QED) is 0.681. The molecule has 2 aromatic rings. The Labute approximate surface area is 127 Å². The fourth-order valence-corrected chi connectivity index (χ4v) is 2.46. The summed E-state index contributed by atoms with van der Waals surface area (Å²) in [6, 6.07) is 4.58. The van der Waals surface area contributed by atoms with Gasteiger partial charge in [0.25, 0.3) is 5.69 Å². The molecule has 21 heavy (non-hydrogen) atoms. The van der Waals surface area contributed by atoms with Crippen molar-refractivity contribution in [2.45, 2.75) is 26.9 Å². The summed E-state index contributed by atoms with van der Waals surface area (Å²) in [5.74, 6) is 0. The lowest BCUT2D eigenvalue weighted by Crippen LogP contribution is -2.15. The fourth-order valence-electron chi connectivity index (χ4n) is 2.27. The minimum atomic E-state index is -0.395. The largest absolute Gasteiger partial charge is 0.308 e. The number of nitrogens with one attached hydrogen (secondary N) is 1. The fraction of sp³-hybridized carbons (Fsp3) is 0.357. The van der Waals surface area contributed by atoms with E-state index in [4.69, 9.17) is 11.6 Å². The normalized spacial score (nSPS) is 10.9. The van der Waals surface area contributed by atoms with Crippen LogP contribution in [0.25, 0.3) is 0 Å². The second-order valence-corrected chi connectivity index (χ2v) is 5.34. The van der Waals surface area contributed by atoms with E-state index in [1.165, 1.54) is 12.1 Å². The van der Waals surface area contributed by atoms with Crippen LogP contribution in [0.1, 0.15) is 22.5 Å². The van der Waals surface area contributed by atoms with Crippen molar-refractivity contribution in [1.82, 2.24) is 15.1 Å². The summed E-state index contributed by atoms with van der Waals surface area (Å²) in [7, 11) is 1.90. The summed E-state index contributed by atoms with van der Waals surface area (Å²) in [5.41, 5.74) is 3.81. The number of halogens is 1. The summed E-state index contributed by atoms with van der Waals surface area (Å²) in [4.78, 5) is 10.6. The number of nitrogens with zero attached hydrogens (tertiary/aromatic N) is 3. The lowest BCUT2D eigenvalue weighted by molar-refractivity contribution is -0.385. The minimum Gasteiger partial charge on any atom is -0.308 e. The molecule has 1 aromatic heterocycles. The van der Waals surface area contributed by atoms with Crippen molar-refractivity contribution < 1.29 is 4.92 Å². The highest BCUT2D eigenvalue weighted by molar-refractivity contribution is 6.30. The van der Waals surface area contributed by atoms with Crippen LogP contribution in [-0.4, -0.2) is 14.7 Å².